The van der Waals surface area contributed by atoms with E-state index in [1.54, 1.807) is 0 Å². The van der Waals surface area contributed by atoms with Gasteiger partial charge in [-0.05, 0) is 32.3 Å². The highest BCUT2D eigenvalue weighted by atomic mass is 16.5. The molecule has 104 valence electrons. The van der Waals surface area contributed by atoms with Crippen molar-refractivity contribution >= 4 is 5.91 Å². The quantitative estimate of drug-likeness (QED) is 0.834. The molecule has 1 aromatic rings. The maximum atomic E-state index is 12.6. The monoisotopic (exact) mass is 261 g/mol. The Balaban J connectivity index is 2.04. The largest absolute Gasteiger partial charge is 0.381 e. The van der Waals surface area contributed by atoms with Gasteiger partial charge in [0.1, 0.15) is 0 Å². The molecular weight excluding hydrogens is 238 g/mol. The molecule has 0 spiro atoms. The van der Waals surface area contributed by atoms with Crippen LogP contribution in [-0.2, 0) is 16.1 Å². The zero-order chi connectivity index (χ0) is 13.7. The fraction of sp³-hybridized carbons (Fsp3) is 0.562. The number of benzene rings is 1. The normalized spacial score (nSPS) is 16.6. The third kappa shape index (κ3) is 3.80. The lowest BCUT2D eigenvalue weighted by atomic mass is 9.97. The number of ether oxygens (including phenoxy) is 1. The zero-order valence-electron chi connectivity index (χ0n) is 11.8. The van der Waals surface area contributed by atoms with Gasteiger partial charge in [0.05, 0.1) is 0 Å². The summed E-state index contributed by atoms with van der Waals surface area (Å²) in [5, 5.41) is 0. The predicted molar refractivity (Wildman–Crippen MR) is 75.7 cm³/mol. The van der Waals surface area contributed by atoms with Crippen LogP contribution in [0.5, 0.6) is 0 Å². The van der Waals surface area contributed by atoms with E-state index in [0.29, 0.717) is 19.8 Å². The molecule has 0 radical (unpaired) electrons. The van der Waals surface area contributed by atoms with Crippen LogP contribution in [0.4, 0.5) is 0 Å². The van der Waals surface area contributed by atoms with E-state index in [9.17, 15) is 4.79 Å². The average Bonchev–Trinajstić information content (AvgIpc) is 2.46. The lowest BCUT2D eigenvalue weighted by Crippen LogP contribution is -2.42. The Morgan fingerprint density at radius 2 is 1.89 bits per heavy atom. The SMILES string of the molecule is CC(C)N(Cc1ccccc1)C(=O)C1CCOCC1. The van der Waals surface area contributed by atoms with Gasteiger partial charge < -0.3 is 9.64 Å². The first kappa shape index (κ1) is 14.1. The van der Waals surface area contributed by atoms with Crippen molar-refractivity contribution < 1.29 is 9.53 Å². The summed E-state index contributed by atoms with van der Waals surface area (Å²) in [6.07, 6.45) is 1.72. The van der Waals surface area contributed by atoms with Crippen molar-refractivity contribution in [2.24, 2.45) is 5.92 Å². The number of nitrogens with zero attached hydrogens (tertiary/aromatic N) is 1. The summed E-state index contributed by atoms with van der Waals surface area (Å²) in [7, 11) is 0. The highest BCUT2D eigenvalue weighted by Crippen LogP contribution is 2.20. The fourth-order valence-electron chi connectivity index (χ4n) is 2.47. The summed E-state index contributed by atoms with van der Waals surface area (Å²) in [5.41, 5.74) is 1.19. The van der Waals surface area contributed by atoms with Crippen molar-refractivity contribution in [3.63, 3.8) is 0 Å². The van der Waals surface area contributed by atoms with Gasteiger partial charge in [-0.15, -0.1) is 0 Å². The minimum atomic E-state index is 0.139. The molecule has 0 saturated carbocycles. The highest BCUT2D eigenvalue weighted by molar-refractivity contribution is 5.79. The first-order valence-corrected chi connectivity index (χ1v) is 7.10. The molecule has 0 aromatic heterocycles. The summed E-state index contributed by atoms with van der Waals surface area (Å²) in [5.74, 6) is 0.419. The van der Waals surface area contributed by atoms with Gasteiger partial charge in [-0.3, -0.25) is 4.79 Å². The molecule has 1 aliphatic heterocycles. The molecule has 19 heavy (non-hydrogen) atoms. The van der Waals surface area contributed by atoms with Crippen LogP contribution in [0.15, 0.2) is 30.3 Å². The lowest BCUT2D eigenvalue weighted by Gasteiger charge is -2.32. The van der Waals surface area contributed by atoms with Crippen molar-refractivity contribution in [1.29, 1.82) is 0 Å². The lowest BCUT2D eigenvalue weighted by molar-refractivity contribution is -0.141. The zero-order valence-corrected chi connectivity index (χ0v) is 11.8. The van der Waals surface area contributed by atoms with E-state index in [-0.39, 0.29) is 17.9 Å². The molecule has 1 heterocycles. The molecule has 3 nitrogen and oxygen atoms in total. The summed E-state index contributed by atoms with van der Waals surface area (Å²) >= 11 is 0. The minimum absolute atomic E-state index is 0.139. The van der Waals surface area contributed by atoms with Gasteiger partial charge in [0.2, 0.25) is 5.91 Å². The van der Waals surface area contributed by atoms with Gasteiger partial charge in [-0.25, -0.2) is 0 Å². The van der Waals surface area contributed by atoms with Gasteiger partial charge >= 0.3 is 0 Å². The topological polar surface area (TPSA) is 29.5 Å². The van der Waals surface area contributed by atoms with Crippen molar-refractivity contribution in [2.45, 2.75) is 39.3 Å². The van der Waals surface area contributed by atoms with Crippen molar-refractivity contribution in [1.82, 2.24) is 4.90 Å². The molecule has 1 saturated heterocycles. The Kier molecular flexibility index (Phi) is 4.97. The number of amides is 1. The van der Waals surface area contributed by atoms with Gasteiger partial charge in [0.25, 0.3) is 0 Å². The summed E-state index contributed by atoms with van der Waals surface area (Å²) < 4.78 is 5.34. The molecule has 1 aromatic carbocycles. The summed E-state index contributed by atoms with van der Waals surface area (Å²) in [6, 6.07) is 10.4. The molecule has 0 atom stereocenters. The number of rotatable bonds is 4. The van der Waals surface area contributed by atoms with Crippen LogP contribution in [-0.4, -0.2) is 30.1 Å². The second-order valence-corrected chi connectivity index (χ2v) is 5.43. The second-order valence-electron chi connectivity index (χ2n) is 5.43. The number of carbonyl (C=O) groups is 1. The average molecular weight is 261 g/mol. The molecule has 1 aliphatic rings. The molecule has 0 bridgehead atoms. The second kappa shape index (κ2) is 6.71. The molecular formula is C16H23NO2. The van der Waals surface area contributed by atoms with Crippen LogP contribution in [0.3, 0.4) is 0 Å². The number of hydrogen-bond donors (Lipinski definition) is 0. The highest BCUT2D eigenvalue weighted by Gasteiger charge is 2.27. The predicted octanol–water partition coefficient (Wildman–Crippen LogP) is 2.85. The van der Waals surface area contributed by atoms with Crippen LogP contribution in [0, 0.1) is 5.92 Å². The Bertz CT molecular complexity index is 396. The van der Waals surface area contributed by atoms with Crippen LogP contribution in [0.2, 0.25) is 0 Å². The maximum Gasteiger partial charge on any atom is 0.226 e. The molecule has 3 heteroatoms. The van der Waals surface area contributed by atoms with Gasteiger partial charge in [-0.2, -0.15) is 0 Å². The molecule has 2 rings (SSSR count). The molecule has 1 amide bonds. The Morgan fingerprint density at radius 3 is 2.47 bits per heavy atom. The van der Waals surface area contributed by atoms with Gasteiger partial charge in [0.15, 0.2) is 0 Å². The van der Waals surface area contributed by atoms with E-state index in [0.717, 1.165) is 12.8 Å². The van der Waals surface area contributed by atoms with E-state index in [2.05, 4.69) is 26.0 Å². The Labute approximate surface area is 115 Å². The van der Waals surface area contributed by atoms with Crippen LogP contribution >= 0.6 is 0 Å². The molecule has 0 N–H and O–H groups in total. The van der Waals surface area contributed by atoms with E-state index in [1.807, 2.05) is 23.1 Å². The van der Waals surface area contributed by atoms with Crippen LogP contribution in [0.1, 0.15) is 32.3 Å². The summed E-state index contributed by atoms with van der Waals surface area (Å²) in [6.45, 7) is 6.30. The fourth-order valence-corrected chi connectivity index (χ4v) is 2.47. The Morgan fingerprint density at radius 1 is 1.26 bits per heavy atom. The standard InChI is InChI=1S/C16H23NO2/c1-13(2)17(12-14-6-4-3-5-7-14)16(18)15-8-10-19-11-9-15/h3-7,13,15H,8-12H2,1-2H3. The van der Waals surface area contributed by atoms with E-state index < -0.39 is 0 Å². The van der Waals surface area contributed by atoms with Crippen molar-refractivity contribution in [2.75, 3.05) is 13.2 Å². The van der Waals surface area contributed by atoms with Gasteiger partial charge in [0, 0.05) is 31.7 Å². The van der Waals surface area contributed by atoms with Crippen molar-refractivity contribution in [3.05, 3.63) is 35.9 Å². The Hall–Kier alpha value is -1.35. The first-order chi connectivity index (χ1) is 9.18. The van der Waals surface area contributed by atoms with E-state index in [4.69, 9.17) is 4.74 Å². The van der Waals surface area contributed by atoms with E-state index in [1.165, 1.54) is 5.56 Å². The third-order valence-electron chi connectivity index (χ3n) is 3.67. The molecule has 0 unspecified atom stereocenters. The molecule has 0 aliphatic carbocycles. The first-order valence-electron chi connectivity index (χ1n) is 7.10. The summed E-state index contributed by atoms with van der Waals surface area (Å²) in [4.78, 5) is 14.6. The van der Waals surface area contributed by atoms with Gasteiger partial charge in [-0.1, -0.05) is 30.3 Å². The third-order valence-corrected chi connectivity index (χ3v) is 3.67. The molecule has 1 fully saturated rings. The van der Waals surface area contributed by atoms with Crippen LogP contribution in [0.25, 0.3) is 0 Å². The van der Waals surface area contributed by atoms with Crippen LogP contribution < -0.4 is 0 Å². The maximum absolute atomic E-state index is 12.6. The van der Waals surface area contributed by atoms with Crippen molar-refractivity contribution in [3.8, 4) is 0 Å². The van der Waals surface area contributed by atoms with E-state index >= 15 is 0 Å². The number of hydrogen-bond acceptors (Lipinski definition) is 2. The number of carbonyl (C=O) groups excluding carboxylic acids is 1. The minimum Gasteiger partial charge on any atom is -0.381 e. The smallest absolute Gasteiger partial charge is 0.226 e.